The summed E-state index contributed by atoms with van der Waals surface area (Å²) < 4.78 is 36.8. The summed E-state index contributed by atoms with van der Waals surface area (Å²) in [5.74, 6) is 4.91. The van der Waals surface area contributed by atoms with Crippen LogP contribution in [-0.2, 0) is 9.84 Å². The average molecular weight is 339 g/mol. The van der Waals surface area contributed by atoms with Gasteiger partial charge in [-0.25, -0.2) is 12.8 Å². The second-order valence-corrected chi connectivity index (χ2v) is 8.15. The Labute approximate surface area is 115 Å². The molecule has 0 aliphatic heterocycles. The van der Waals surface area contributed by atoms with Crippen molar-refractivity contribution in [3.63, 3.8) is 0 Å². The quantitative estimate of drug-likeness (QED) is 0.649. The molecule has 1 aromatic carbocycles. The molecular formula is C11H16BrFN2O2S. The van der Waals surface area contributed by atoms with E-state index in [1.165, 1.54) is 26.0 Å². The van der Waals surface area contributed by atoms with Gasteiger partial charge in [-0.05, 0) is 32.0 Å². The maximum absolute atomic E-state index is 13.8. The fourth-order valence-corrected chi connectivity index (χ4v) is 2.62. The fourth-order valence-electron chi connectivity index (χ4n) is 1.61. The van der Waals surface area contributed by atoms with Crippen LogP contribution in [0.2, 0.25) is 0 Å². The molecule has 0 aliphatic rings. The lowest BCUT2D eigenvalue weighted by Crippen LogP contribution is -2.47. The predicted molar refractivity (Wildman–Crippen MR) is 73.1 cm³/mol. The minimum atomic E-state index is -3.42. The van der Waals surface area contributed by atoms with Gasteiger partial charge in [-0.15, -0.1) is 0 Å². The number of hydrazine groups is 1. The van der Waals surface area contributed by atoms with Crippen molar-refractivity contribution in [2.75, 3.05) is 6.26 Å². The van der Waals surface area contributed by atoms with Crippen LogP contribution in [0, 0.1) is 5.82 Å². The lowest BCUT2D eigenvalue weighted by atomic mass is 9.95. The molecule has 1 rings (SSSR count). The fraction of sp³-hybridized carbons (Fsp3) is 0.455. The van der Waals surface area contributed by atoms with Crippen molar-refractivity contribution >= 4 is 25.8 Å². The standard InChI is InChI=1S/C11H16BrFN2O2S/c1-11(2,18(3,16)17)10(15-14)8-6-7(12)4-5-9(8)13/h4-6,10,15H,14H2,1-3H3. The molecule has 18 heavy (non-hydrogen) atoms. The van der Waals surface area contributed by atoms with E-state index in [9.17, 15) is 12.8 Å². The number of sulfone groups is 1. The third-order valence-electron chi connectivity index (χ3n) is 3.09. The third kappa shape index (κ3) is 2.90. The van der Waals surface area contributed by atoms with Crippen LogP contribution in [0.3, 0.4) is 0 Å². The lowest BCUT2D eigenvalue weighted by Gasteiger charge is -2.32. The lowest BCUT2D eigenvalue weighted by molar-refractivity contribution is 0.413. The predicted octanol–water partition coefficient (Wildman–Crippen LogP) is 1.92. The molecule has 1 unspecified atom stereocenters. The Morgan fingerprint density at radius 2 is 2.00 bits per heavy atom. The van der Waals surface area contributed by atoms with Crippen LogP contribution in [0.5, 0.6) is 0 Å². The van der Waals surface area contributed by atoms with Crippen molar-refractivity contribution < 1.29 is 12.8 Å². The number of benzene rings is 1. The molecule has 0 aliphatic carbocycles. The van der Waals surface area contributed by atoms with Crippen molar-refractivity contribution in [1.82, 2.24) is 5.43 Å². The maximum atomic E-state index is 13.8. The normalized spacial score (nSPS) is 14.6. The van der Waals surface area contributed by atoms with E-state index in [4.69, 9.17) is 5.84 Å². The van der Waals surface area contributed by atoms with Crippen molar-refractivity contribution in [3.8, 4) is 0 Å². The molecule has 0 radical (unpaired) electrons. The highest BCUT2D eigenvalue weighted by Gasteiger charge is 2.40. The van der Waals surface area contributed by atoms with E-state index in [1.54, 1.807) is 6.07 Å². The SMILES string of the molecule is CC(C)(C(NN)c1cc(Br)ccc1F)S(C)(=O)=O. The molecular weight excluding hydrogens is 323 g/mol. The van der Waals surface area contributed by atoms with Gasteiger partial charge in [-0.3, -0.25) is 11.3 Å². The first kappa shape index (κ1) is 15.6. The van der Waals surface area contributed by atoms with E-state index < -0.39 is 26.4 Å². The van der Waals surface area contributed by atoms with E-state index in [2.05, 4.69) is 21.4 Å². The van der Waals surface area contributed by atoms with Crippen LogP contribution < -0.4 is 11.3 Å². The monoisotopic (exact) mass is 338 g/mol. The molecule has 0 amide bonds. The second kappa shape index (κ2) is 5.24. The largest absolute Gasteiger partial charge is 0.271 e. The highest BCUT2D eigenvalue weighted by molar-refractivity contribution is 9.10. The van der Waals surface area contributed by atoms with E-state index in [1.807, 2.05) is 0 Å². The second-order valence-electron chi connectivity index (χ2n) is 4.64. The Balaban J connectivity index is 3.39. The number of hydrogen-bond donors (Lipinski definition) is 2. The van der Waals surface area contributed by atoms with Crippen molar-refractivity contribution in [2.24, 2.45) is 5.84 Å². The number of hydrogen-bond acceptors (Lipinski definition) is 4. The Morgan fingerprint density at radius 3 is 2.44 bits per heavy atom. The van der Waals surface area contributed by atoms with Gasteiger partial charge < -0.3 is 0 Å². The molecule has 102 valence electrons. The van der Waals surface area contributed by atoms with Crippen LogP contribution in [-0.4, -0.2) is 19.4 Å². The molecule has 0 bridgehead atoms. The number of rotatable bonds is 4. The Hall–Kier alpha value is -0.500. The molecule has 0 saturated heterocycles. The molecule has 0 fully saturated rings. The number of nitrogens with one attached hydrogen (secondary N) is 1. The highest BCUT2D eigenvalue weighted by atomic mass is 79.9. The van der Waals surface area contributed by atoms with Gasteiger partial charge in [0.2, 0.25) is 0 Å². The van der Waals surface area contributed by atoms with Crippen LogP contribution in [0.25, 0.3) is 0 Å². The van der Waals surface area contributed by atoms with Gasteiger partial charge in [0.25, 0.3) is 0 Å². The van der Waals surface area contributed by atoms with Gasteiger partial charge in [0, 0.05) is 16.3 Å². The molecule has 0 saturated carbocycles. The summed E-state index contributed by atoms with van der Waals surface area (Å²) in [6.45, 7) is 3.01. The van der Waals surface area contributed by atoms with Gasteiger partial charge in [0.15, 0.2) is 9.84 Å². The maximum Gasteiger partial charge on any atom is 0.154 e. The van der Waals surface area contributed by atoms with Crippen molar-refractivity contribution in [3.05, 3.63) is 34.1 Å². The summed E-state index contributed by atoms with van der Waals surface area (Å²) in [4.78, 5) is 0. The van der Waals surface area contributed by atoms with Crippen molar-refractivity contribution in [2.45, 2.75) is 24.6 Å². The van der Waals surface area contributed by atoms with E-state index in [0.29, 0.717) is 4.47 Å². The summed E-state index contributed by atoms with van der Waals surface area (Å²) in [5, 5.41) is 0. The van der Waals surface area contributed by atoms with Gasteiger partial charge in [0.1, 0.15) is 5.82 Å². The molecule has 3 N–H and O–H groups in total. The van der Waals surface area contributed by atoms with Gasteiger partial charge in [0.05, 0.1) is 10.8 Å². The number of halogens is 2. The summed E-state index contributed by atoms with van der Waals surface area (Å²) in [6.07, 6.45) is 1.10. The molecule has 0 spiro atoms. The smallest absolute Gasteiger partial charge is 0.154 e. The zero-order valence-corrected chi connectivity index (χ0v) is 12.8. The average Bonchev–Trinajstić information content (AvgIpc) is 2.22. The first-order chi connectivity index (χ1) is 8.11. The molecule has 7 heteroatoms. The van der Waals surface area contributed by atoms with E-state index in [-0.39, 0.29) is 5.56 Å². The third-order valence-corrected chi connectivity index (χ3v) is 5.73. The van der Waals surface area contributed by atoms with Crippen molar-refractivity contribution in [1.29, 1.82) is 0 Å². The zero-order valence-electron chi connectivity index (χ0n) is 10.4. The summed E-state index contributed by atoms with van der Waals surface area (Å²) >= 11 is 3.23. The summed E-state index contributed by atoms with van der Waals surface area (Å²) in [5.41, 5.74) is 2.60. The summed E-state index contributed by atoms with van der Waals surface area (Å²) in [7, 11) is -3.42. The number of nitrogens with two attached hydrogens (primary N) is 1. The Morgan fingerprint density at radius 1 is 1.44 bits per heavy atom. The minimum Gasteiger partial charge on any atom is -0.271 e. The molecule has 0 aromatic heterocycles. The first-order valence-corrected chi connectivity index (χ1v) is 7.90. The molecule has 1 aromatic rings. The summed E-state index contributed by atoms with van der Waals surface area (Å²) in [6, 6.07) is 3.49. The van der Waals surface area contributed by atoms with Gasteiger partial charge in [-0.1, -0.05) is 15.9 Å². The minimum absolute atomic E-state index is 0.210. The molecule has 0 heterocycles. The molecule has 4 nitrogen and oxygen atoms in total. The van der Waals surface area contributed by atoms with Gasteiger partial charge in [-0.2, -0.15) is 0 Å². The van der Waals surface area contributed by atoms with E-state index >= 15 is 0 Å². The Bertz CT molecular complexity index is 546. The topological polar surface area (TPSA) is 72.2 Å². The van der Waals surface area contributed by atoms with Crippen LogP contribution in [0.4, 0.5) is 4.39 Å². The van der Waals surface area contributed by atoms with E-state index in [0.717, 1.165) is 6.26 Å². The van der Waals surface area contributed by atoms with Crippen LogP contribution in [0.15, 0.2) is 22.7 Å². The zero-order chi connectivity index (χ0) is 14.1. The van der Waals surface area contributed by atoms with Crippen LogP contribution >= 0.6 is 15.9 Å². The first-order valence-electron chi connectivity index (χ1n) is 5.22. The van der Waals surface area contributed by atoms with Crippen LogP contribution in [0.1, 0.15) is 25.5 Å². The van der Waals surface area contributed by atoms with Gasteiger partial charge >= 0.3 is 0 Å². The Kier molecular flexibility index (Phi) is 4.53. The highest BCUT2D eigenvalue weighted by Crippen LogP contribution is 2.34. The molecule has 1 atom stereocenters.